The second-order valence-corrected chi connectivity index (χ2v) is 2.81. The van der Waals surface area contributed by atoms with Crippen molar-refractivity contribution in [3.05, 3.63) is 46.5 Å². The molecule has 0 unspecified atom stereocenters. The van der Waals surface area contributed by atoms with E-state index < -0.39 is 4.92 Å². The number of rotatable bonds is 3. The van der Waals surface area contributed by atoms with Gasteiger partial charge in [0.2, 0.25) is 0 Å². The van der Waals surface area contributed by atoms with Gasteiger partial charge in [0.25, 0.3) is 5.69 Å². The fourth-order valence-electron chi connectivity index (χ4n) is 0.896. The lowest BCUT2D eigenvalue weighted by Crippen LogP contribution is -1.88. The number of nitro benzene ring substituents is 1. The Bertz CT molecular complexity index is 332. The van der Waals surface area contributed by atoms with E-state index in [1.165, 1.54) is 12.1 Å². The predicted octanol–water partition coefficient (Wildman–Crippen LogP) is 2.85. The third-order valence-electron chi connectivity index (χ3n) is 1.65. The van der Waals surface area contributed by atoms with Gasteiger partial charge in [-0.1, -0.05) is 6.58 Å². The van der Waals surface area contributed by atoms with Crippen molar-refractivity contribution in [2.45, 2.75) is 0 Å². The van der Waals surface area contributed by atoms with E-state index in [-0.39, 0.29) is 5.69 Å². The normalized spacial score (nSPS) is 9.62. The largest absolute Gasteiger partial charge is 0.269 e. The molecular weight excluding hydrogens is 190 g/mol. The van der Waals surface area contributed by atoms with Gasteiger partial charge in [-0.2, -0.15) is 0 Å². The Labute approximate surface area is 80.8 Å². The van der Waals surface area contributed by atoms with Crippen molar-refractivity contribution in [1.82, 2.24) is 0 Å². The van der Waals surface area contributed by atoms with Gasteiger partial charge in [0.05, 0.1) is 4.92 Å². The molecule has 1 aromatic rings. The lowest BCUT2D eigenvalue weighted by atomic mass is 10.1. The number of benzene rings is 1. The van der Waals surface area contributed by atoms with Crippen molar-refractivity contribution < 1.29 is 4.92 Å². The Balaban J connectivity index is 2.93. The molecule has 0 heterocycles. The molecule has 4 heteroatoms. The molecule has 0 fully saturated rings. The van der Waals surface area contributed by atoms with Crippen LogP contribution in [0.3, 0.4) is 0 Å². The standard InChI is InChI=1S/C9H8ClNO2/c1-7(6-10)8-2-4-9(5-3-8)11(12)13/h2-5H,1,6H2. The highest BCUT2D eigenvalue weighted by Crippen LogP contribution is 2.17. The van der Waals surface area contributed by atoms with Crippen LogP contribution in [-0.4, -0.2) is 10.8 Å². The van der Waals surface area contributed by atoms with Gasteiger partial charge in [-0.05, 0) is 23.3 Å². The van der Waals surface area contributed by atoms with Crippen molar-refractivity contribution in [1.29, 1.82) is 0 Å². The van der Waals surface area contributed by atoms with E-state index in [1.54, 1.807) is 12.1 Å². The maximum atomic E-state index is 10.3. The van der Waals surface area contributed by atoms with Gasteiger partial charge < -0.3 is 0 Å². The minimum Gasteiger partial charge on any atom is -0.258 e. The first-order valence-electron chi connectivity index (χ1n) is 3.63. The van der Waals surface area contributed by atoms with Gasteiger partial charge in [-0.25, -0.2) is 0 Å². The average Bonchev–Trinajstić information content (AvgIpc) is 2.17. The van der Waals surface area contributed by atoms with Crippen LogP contribution in [0.5, 0.6) is 0 Å². The van der Waals surface area contributed by atoms with E-state index in [4.69, 9.17) is 11.6 Å². The number of non-ortho nitro benzene ring substituents is 1. The molecule has 0 radical (unpaired) electrons. The molecule has 0 aliphatic carbocycles. The van der Waals surface area contributed by atoms with E-state index in [0.29, 0.717) is 5.88 Å². The molecule has 0 aliphatic heterocycles. The van der Waals surface area contributed by atoms with Crippen molar-refractivity contribution >= 4 is 22.9 Å². The van der Waals surface area contributed by atoms with Crippen molar-refractivity contribution in [2.75, 3.05) is 5.88 Å². The summed E-state index contributed by atoms with van der Waals surface area (Å²) in [6.07, 6.45) is 0. The summed E-state index contributed by atoms with van der Waals surface area (Å²) in [5.74, 6) is 0.331. The monoisotopic (exact) mass is 197 g/mol. The van der Waals surface area contributed by atoms with Crippen molar-refractivity contribution in [3.63, 3.8) is 0 Å². The maximum Gasteiger partial charge on any atom is 0.269 e. The second-order valence-electron chi connectivity index (χ2n) is 2.54. The first-order chi connectivity index (χ1) is 6.15. The molecular formula is C9H8ClNO2. The van der Waals surface area contributed by atoms with E-state index >= 15 is 0 Å². The summed E-state index contributed by atoms with van der Waals surface area (Å²) >= 11 is 5.56. The molecule has 0 N–H and O–H groups in total. The lowest BCUT2D eigenvalue weighted by Gasteiger charge is -1.99. The SMILES string of the molecule is C=C(CCl)c1ccc([N+](=O)[O-])cc1. The number of alkyl halides is 1. The molecule has 0 spiro atoms. The lowest BCUT2D eigenvalue weighted by molar-refractivity contribution is -0.384. The van der Waals surface area contributed by atoms with Crippen LogP contribution < -0.4 is 0 Å². The zero-order valence-corrected chi connectivity index (χ0v) is 7.62. The van der Waals surface area contributed by atoms with Gasteiger partial charge >= 0.3 is 0 Å². The molecule has 3 nitrogen and oxygen atoms in total. The third-order valence-corrected chi connectivity index (χ3v) is 1.97. The zero-order chi connectivity index (χ0) is 9.84. The highest BCUT2D eigenvalue weighted by atomic mass is 35.5. The van der Waals surface area contributed by atoms with Gasteiger partial charge in [-0.3, -0.25) is 10.1 Å². The Morgan fingerprint density at radius 1 is 1.46 bits per heavy atom. The van der Waals surface area contributed by atoms with Gasteiger partial charge in [0.15, 0.2) is 0 Å². The Morgan fingerprint density at radius 3 is 2.38 bits per heavy atom. The fraction of sp³-hybridized carbons (Fsp3) is 0.111. The number of nitrogens with zero attached hydrogens (tertiary/aromatic N) is 1. The molecule has 0 amide bonds. The molecule has 0 atom stereocenters. The molecule has 1 rings (SSSR count). The summed E-state index contributed by atoms with van der Waals surface area (Å²) in [4.78, 5) is 9.87. The quantitative estimate of drug-likeness (QED) is 0.425. The molecule has 1 aromatic carbocycles. The van der Waals surface area contributed by atoms with Crippen molar-refractivity contribution in [2.24, 2.45) is 0 Å². The highest BCUT2D eigenvalue weighted by molar-refractivity contribution is 6.23. The molecule has 0 bridgehead atoms. The van der Waals surface area contributed by atoms with Crippen molar-refractivity contribution in [3.8, 4) is 0 Å². The average molecular weight is 198 g/mol. The smallest absolute Gasteiger partial charge is 0.258 e. The number of halogens is 1. The molecule has 68 valence electrons. The van der Waals surface area contributed by atoms with E-state index in [0.717, 1.165) is 11.1 Å². The summed E-state index contributed by atoms with van der Waals surface area (Å²) in [6.45, 7) is 3.72. The minimum atomic E-state index is -0.437. The summed E-state index contributed by atoms with van der Waals surface area (Å²) in [7, 11) is 0. The number of allylic oxidation sites excluding steroid dienone is 1. The Hall–Kier alpha value is -1.35. The second kappa shape index (κ2) is 4.05. The highest BCUT2D eigenvalue weighted by Gasteiger charge is 2.04. The number of hydrogen-bond donors (Lipinski definition) is 0. The number of nitro groups is 1. The van der Waals surface area contributed by atoms with Crippen LogP contribution in [0.1, 0.15) is 5.56 Å². The van der Waals surface area contributed by atoms with Crippen LogP contribution in [0.4, 0.5) is 5.69 Å². The predicted molar refractivity (Wildman–Crippen MR) is 52.9 cm³/mol. The first-order valence-corrected chi connectivity index (χ1v) is 4.17. The topological polar surface area (TPSA) is 43.1 Å². The molecule has 0 aliphatic rings. The van der Waals surface area contributed by atoms with Gasteiger partial charge in [0.1, 0.15) is 0 Å². The minimum absolute atomic E-state index is 0.0751. The Morgan fingerprint density at radius 2 is 2.00 bits per heavy atom. The van der Waals surface area contributed by atoms with Crippen LogP contribution >= 0.6 is 11.6 Å². The van der Waals surface area contributed by atoms with Crippen LogP contribution in [0, 0.1) is 10.1 Å². The Kier molecular flexibility index (Phi) is 3.03. The van der Waals surface area contributed by atoms with Gasteiger partial charge in [-0.15, -0.1) is 11.6 Å². The zero-order valence-electron chi connectivity index (χ0n) is 6.87. The summed E-state index contributed by atoms with van der Waals surface area (Å²) < 4.78 is 0. The number of hydrogen-bond acceptors (Lipinski definition) is 2. The fourth-order valence-corrected chi connectivity index (χ4v) is 1.05. The molecule has 0 saturated heterocycles. The van der Waals surface area contributed by atoms with E-state index in [1.807, 2.05) is 0 Å². The summed E-state index contributed by atoms with van der Waals surface area (Å²) in [6, 6.07) is 6.16. The first kappa shape index (κ1) is 9.74. The molecule has 0 aromatic heterocycles. The van der Waals surface area contributed by atoms with Crippen LogP contribution in [0.2, 0.25) is 0 Å². The summed E-state index contributed by atoms with van der Waals surface area (Å²) in [5.41, 5.74) is 1.67. The van der Waals surface area contributed by atoms with Crippen LogP contribution in [0.15, 0.2) is 30.8 Å². The summed E-state index contributed by atoms with van der Waals surface area (Å²) in [5, 5.41) is 10.3. The van der Waals surface area contributed by atoms with E-state index in [9.17, 15) is 10.1 Å². The third kappa shape index (κ3) is 2.29. The van der Waals surface area contributed by atoms with E-state index in [2.05, 4.69) is 6.58 Å². The molecule has 13 heavy (non-hydrogen) atoms. The van der Waals surface area contributed by atoms with Crippen LogP contribution in [-0.2, 0) is 0 Å². The molecule has 0 saturated carbocycles. The maximum absolute atomic E-state index is 10.3. The van der Waals surface area contributed by atoms with Crippen LogP contribution in [0.25, 0.3) is 5.57 Å². The van der Waals surface area contributed by atoms with Gasteiger partial charge in [0, 0.05) is 18.0 Å².